The average molecular weight is 422 g/mol. The van der Waals surface area contributed by atoms with Crippen molar-refractivity contribution < 1.29 is 19.1 Å². The number of likely N-dealkylation sites (N-methyl/N-ethyl adjacent to an activating group) is 1. The summed E-state index contributed by atoms with van der Waals surface area (Å²) < 4.78 is 13.7. The van der Waals surface area contributed by atoms with Crippen molar-refractivity contribution in [1.82, 2.24) is 9.88 Å². The Balaban J connectivity index is 1.86. The van der Waals surface area contributed by atoms with Crippen molar-refractivity contribution in [3.8, 4) is 23.1 Å². The van der Waals surface area contributed by atoms with Gasteiger partial charge in [0.15, 0.2) is 0 Å². The van der Waals surface area contributed by atoms with Gasteiger partial charge in [-0.05, 0) is 25.2 Å². The number of rotatable bonds is 7. The highest BCUT2D eigenvalue weighted by molar-refractivity contribution is 5.63. The monoisotopic (exact) mass is 421 g/mol. The Hall–Kier alpha value is -3.32. The van der Waals surface area contributed by atoms with E-state index in [1.54, 1.807) is 25.6 Å². The Morgan fingerprint density at radius 1 is 1.16 bits per heavy atom. The van der Waals surface area contributed by atoms with Gasteiger partial charge in [0.25, 0.3) is 0 Å². The molecule has 0 spiro atoms. The second-order valence-electron chi connectivity index (χ2n) is 7.57. The summed E-state index contributed by atoms with van der Waals surface area (Å²) in [6, 6.07) is 13.0. The normalized spacial score (nSPS) is 14.6. The van der Waals surface area contributed by atoms with E-state index in [4.69, 9.17) is 15.2 Å². The molecule has 1 atom stereocenters. The lowest BCUT2D eigenvalue weighted by molar-refractivity contribution is -0.685. The second kappa shape index (κ2) is 8.81. The molecular formula is C24H29N4O3+. The maximum atomic E-state index is 10.0. The number of benzene rings is 2. The van der Waals surface area contributed by atoms with Gasteiger partial charge < -0.3 is 25.2 Å². The van der Waals surface area contributed by atoms with Crippen LogP contribution >= 0.6 is 0 Å². The molecule has 7 heteroatoms. The lowest BCUT2D eigenvalue weighted by atomic mass is 9.83. The standard InChI is InChI=1S/C24H28N4O3/c1-4-27(5-2)12-13-28-15-26-24-22(23(28)25)21(17-8-6-7-9-19(17)30-3)18-11-10-16(29)14-20(18)31-24/h6-11,14-15,21,25,29H,4-5,12-13H2,1-3H3/p+1/t21-/m0/s1. The molecule has 0 bridgehead atoms. The number of ether oxygens (including phenoxy) is 2. The molecule has 3 N–H and O–H groups in total. The van der Waals surface area contributed by atoms with Crippen LogP contribution in [0.4, 0.5) is 5.82 Å². The molecule has 0 saturated heterocycles. The van der Waals surface area contributed by atoms with E-state index in [1.807, 2.05) is 34.9 Å². The topological polar surface area (TPSA) is 84.7 Å². The third kappa shape index (κ3) is 3.88. The maximum absolute atomic E-state index is 10.0. The molecule has 4 rings (SSSR count). The fourth-order valence-corrected chi connectivity index (χ4v) is 4.18. The van der Waals surface area contributed by atoms with Crippen LogP contribution < -0.4 is 19.8 Å². The lowest BCUT2D eigenvalue weighted by Crippen LogP contribution is -2.44. The molecule has 2 aromatic carbocycles. The fraction of sp³-hybridized carbons (Fsp3) is 0.333. The van der Waals surface area contributed by atoms with Gasteiger partial charge in [-0.25, -0.2) is 4.57 Å². The summed E-state index contributed by atoms with van der Waals surface area (Å²) in [5, 5.41) is 10.0. The Labute approximate surface area is 182 Å². The van der Waals surface area contributed by atoms with Crippen LogP contribution in [0.25, 0.3) is 0 Å². The number of hydrogen-bond acceptors (Lipinski definition) is 6. The number of para-hydroxylation sites is 1. The number of aromatic nitrogens is 2. The van der Waals surface area contributed by atoms with Gasteiger partial charge in [-0.3, -0.25) is 0 Å². The van der Waals surface area contributed by atoms with Crippen molar-refractivity contribution in [1.29, 1.82) is 0 Å². The van der Waals surface area contributed by atoms with Crippen LogP contribution in [0.5, 0.6) is 23.1 Å². The van der Waals surface area contributed by atoms with Crippen LogP contribution in [0.3, 0.4) is 0 Å². The highest BCUT2D eigenvalue weighted by atomic mass is 16.5. The second-order valence-corrected chi connectivity index (χ2v) is 7.57. The first-order chi connectivity index (χ1) is 15.1. The zero-order valence-electron chi connectivity index (χ0n) is 18.2. The van der Waals surface area contributed by atoms with Crippen molar-refractivity contribution in [2.75, 3.05) is 32.5 Å². The summed E-state index contributed by atoms with van der Waals surface area (Å²) in [4.78, 5) is 6.93. The van der Waals surface area contributed by atoms with Gasteiger partial charge in [-0.2, -0.15) is 0 Å². The molecule has 1 aliphatic rings. The van der Waals surface area contributed by atoms with Crippen molar-refractivity contribution in [3.05, 3.63) is 65.5 Å². The van der Waals surface area contributed by atoms with Gasteiger partial charge in [0.05, 0.1) is 19.6 Å². The third-order valence-corrected chi connectivity index (χ3v) is 5.94. The number of nitrogens with zero attached hydrogens (tertiary/aromatic N) is 3. The molecule has 0 aliphatic carbocycles. The highest BCUT2D eigenvalue weighted by Gasteiger charge is 2.37. The minimum absolute atomic E-state index is 0.138. The van der Waals surface area contributed by atoms with E-state index in [0.717, 1.165) is 48.6 Å². The van der Waals surface area contributed by atoms with E-state index < -0.39 is 0 Å². The molecule has 0 fully saturated rings. The van der Waals surface area contributed by atoms with Crippen molar-refractivity contribution in [2.24, 2.45) is 0 Å². The van der Waals surface area contributed by atoms with Crippen LogP contribution in [-0.2, 0) is 6.54 Å². The number of phenols is 1. The van der Waals surface area contributed by atoms with Crippen LogP contribution in [-0.4, -0.2) is 41.7 Å². The molecule has 0 radical (unpaired) electrons. The summed E-state index contributed by atoms with van der Waals surface area (Å²) in [6.07, 6.45) is 1.73. The Morgan fingerprint density at radius 3 is 2.68 bits per heavy atom. The number of nitrogen functional groups attached to an aromatic ring is 1. The Bertz CT molecular complexity index is 1080. The minimum Gasteiger partial charge on any atom is -0.508 e. The van der Waals surface area contributed by atoms with E-state index in [-0.39, 0.29) is 11.7 Å². The first kappa shape index (κ1) is 20.9. The van der Waals surface area contributed by atoms with Crippen LogP contribution in [0.1, 0.15) is 36.5 Å². The Kier molecular flexibility index (Phi) is 5.95. The molecule has 0 unspecified atom stereocenters. The van der Waals surface area contributed by atoms with E-state index >= 15 is 0 Å². The van der Waals surface area contributed by atoms with E-state index in [2.05, 4.69) is 23.7 Å². The van der Waals surface area contributed by atoms with Crippen LogP contribution in [0.2, 0.25) is 0 Å². The summed E-state index contributed by atoms with van der Waals surface area (Å²) >= 11 is 0. The molecule has 3 aromatic rings. The largest absolute Gasteiger partial charge is 0.508 e. The molecule has 0 saturated carbocycles. The maximum Gasteiger partial charge on any atom is 0.306 e. The molecular weight excluding hydrogens is 392 g/mol. The first-order valence-corrected chi connectivity index (χ1v) is 10.6. The zero-order chi connectivity index (χ0) is 22.0. The fourth-order valence-electron chi connectivity index (χ4n) is 4.18. The van der Waals surface area contributed by atoms with Gasteiger partial charge in [-0.15, -0.1) is 0 Å². The van der Waals surface area contributed by atoms with Crippen molar-refractivity contribution >= 4 is 5.82 Å². The summed E-state index contributed by atoms with van der Waals surface area (Å²) in [5.74, 6) is 2.30. The first-order valence-electron chi connectivity index (χ1n) is 10.6. The average Bonchev–Trinajstić information content (AvgIpc) is 2.79. The van der Waals surface area contributed by atoms with E-state index in [1.165, 1.54) is 0 Å². The van der Waals surface area contributed by atoms with Gasteiger partial charge in [0.2, 0.25) is 12.1 Å². The number of methoxy groups -OCH3 is 1. The number of hydrogen-bond donors (Lipinski definition) is 2. The Morgan fingerprint density at radius 2 is 1.94 bits per heavy atom. The molecule has 1 aromatic heterocycles. The van der Waals surface area contributed by atoms with Gasteiger partial charge in [0, 0.05) is 23.7 Å². The smallest absolute Gasteiger partial charge is 0.306 e. The number of anilines is 1. The van der Waals surface area contributed by atoms with Gasteiger partial charge in [0.1, 0.15) is 22.8 Å². The number of aromatic hydroxyl groups is 1. The van der Waals surface area contributed by atoms with Crippen LogP contribution in [0.15, 0.2) is 48.8 Å². The minimum atomic E-state index is -0.232. The number of phenolic OH excluding ortho intramolecular Hbond substituents is 1. The molecule has 2 heterocycles. The van der Waals surface area contributed by atoms with Crippen LogP contribution in [0, 0.1) is 0 Å². The predicted octanol–water partition coefficient (Wildman–Crippen LogP) is 3.29. The number of nitrogens with two attached hydrogens (primary N) is 1. The lowest BCUT2D eigenvalue weighted by Gasteiger charge is -2.28. The number of fused-ring (bicyclic) bond motifs is 2. The molecule has 162 valence electrons. The SMILES string of the molecule is CCN(CC)CC[n+]1cnc2c(c1N)[C@@H](c1ccccc1OC)c1ccc(O)cc1O2. The quantitative estimate of drug-likeness (QED) is 0.446. The molecule has 7 nitrogen and oxygen atoms in total. The molecule has 0 amide bonds. The van der Waals surface area contributed by atoms with E-state index in [9.17, 15) is 5.11 Å². The summed E-state index contributed by atoms with van der Waals surface area (Å²) in [6.45, 7) is 7.89. The third-order valence-electron chi connectivity index (χ3n) is 5.94. The summed E-state index contributed by atoms with van der Waals surface area (Å²) in [7, 11) is 1.66. The molecule has 31 heavy (non-hydrogen) atoms. The van der Waals surface area contributed by atoms with Gasteiger partial charge >= 0.3 is 5.88 Å². The van der Waals surface area contributed by atoms with Crippen molar-refractivity contribution in [2.45, 2.75) is 26.3 Å². The van der Waals surface area contributed by atoms with Gasteiger partial charge in [-0.1, -0.05) is 43.1 Å². The van der Waals surface area contributed by atoms with E-state index in [0.29, 0.717) is 17.4 Å². The summed E-state index contributed by atoms with van der Waals surface area (Å²) in [5.41, 5.74) is 9.40. The van der Waals surface area contributed by atoms with Crippen molar-refractivity contribution in [3.63, 3.8) is 0 Å². The highest BCUT2D eigenvalue weighted by Crippen LogP contribution is 2.50. The molecule has 1 aliphatic heterocycles. The predicted molar refractivity (Wildman–Crippen MR) is 119 cm³/mol. The zero-order valence-corrected chi connectivity index (χ0v) is 18.2.